The van der Waals surface area contributed by atoms with Crippen LogP contribution in [-0.2, 0) is 0 Å². The van der Waals surface area contributed by atoms with Crippen LogP contribution >= 0.6 is 12.4 Å². The van der Waals surface area contributed by atoms with E-state index in [1.54, 1.807) is 18.5 Å². The van der Waals surface area contributed by atoms with Crippen LogP contribution in [0.5, 0.6) is 0 Å². The van der Waals surface area contributed by atoms with Crippen molar-refractivity contribution >= 4 is 51.7 Å². The van der Waals surface area contributed by atoms with Crippen molar-refractivity contribution in [3.05, 3.63) is 60.6 Å². The van der Waals surface area contributed by atoms with Crippen LogP contribution in [0.4, 0.5) is 16.2 Å². The number of fused-ring (bicyclic) bond motifs is 2. The maximum atomic E-state index is 12.3. The minimum atomic E-state index is -0.323. The Labute approximate surface area is 150 Å². The summed E-state index contributed by atoms with van der Waals surface area (Å²) in [6, 6.07) is 12.9. The molecule has 3 N–H and O–H groups in total. The molecule has 0 fully saturated rings. The fraction of sp³-hybridized carbons (Fsp3) is 0.0556. The molecular formula is C18H16ClN5O. The van der Waals surface area contributed by atoms with Crippen LogP contribution < -0.4 is 10.6 Å². The molecule has 3 heterocycles. The van der Waals surface area contributed by atoms with Crippen molar-refractivity contribution in [3.63, 3.8) is 0 Å². The van der Waals surface area contributed by atoms with Crippen molar-refractivity contribution in [1.82, 2.24) is 15.0 Å². The maximum absolute atomic E-state index is 12.3. The topological polar surface area (TPSA) is 82.7 Å². The number of carbonyl (C=O) groups excluding carboxylic acids is 1. The van der Waals surface area contributed by atoms with Crippen molar-refractivity contribution in [1.29, 1.82) is 0 Å². The van der Waals surface area contributed by atoms with Crippen LogP contribution in [0.15, 0.2) is 54.9 Å². The predicted octanol–water partition coefficient (Wildman–Crippen LogP) is 4.49. The lowest BCUT2D eigenvalue weighted by molar-refractivity contribution is 0.262. The fourth-order valence-electron chi connectivity index (χ4n) is 2.71. The SMILES string of the molecule is Cc1cc2ccc(NC(=O)Nc3ccnc4cccnc34)cc2[nH]1.Cl. The van der Waals surface area contributed by atoms with Crippen LogP contribution in [-0.4, -0.2) is 21.0 Å². The molecule has 0 aliphatic rings. The van der Waals surface area contributed by atoms with Gasteiger partial charge in [0.25, 0.3) is 0 Å². The smallest absolute Gasteiger partial charge is 0.323 e. The van der Waals surface area contributed by atoms with Gasteiger partial charge in [-0.05, 0) is 48.7 Å². The summed E-state index contributed by atoms with van der Waals surface area (Å²) in [4.78, 5) is 24.0. The number of pyridine rings is 2. The molecule has 1 aromatic carbocycles. The van der Waals surface area contributed by atoms with Crippen LogP contribution in [0.2, 0.25) is 0 Å². The molecule has 0 spiro atoms. The molecule has 0 aliphatic heterocycles. The molecule has 0 unspecified atom stereocenters. The second kappa shape index (κ2) is 6.78. The number of rotatable bonds is 2. The van der Waals surface area contributed by atoms with Gasteiger partial charge in [0.15, 0.2) is 0 Å². The summed E-state index contributed by atoms with van der Waals surface area (Å²) in [7, 11) is 0. The second-order valence-electron chi connectivity index (χ2n) is 5.56. The van der Waals surface area contributed by atoms with Gasteiger partial charge in [-0.15, -0.1) is 12.4 Å². The first kappa shape index (κ1) is 16.7. The van der Waals surface area contributed by atoms with Gasteiger partial charge in [0.05, 0.1) is 11.2 Å². The molecule has 4 aromatic rings. The molecule has 0 atom stereocenters. The number of carbonyl (C=O) groups is 1. The number of anilines is 2. The van der Waals surface area contributed by atoms with E-state index < -0.39 is 0 Å². The van der Waals surface area contributed by atoms with Crippen LogP contribution in [0.3, 0.4) is 0 Å². The lowest BCUT2D eigenvalue weighted by Gasteiger charge is -2.09. The molecule has 2 amide bonds. The number of urea groups is 1. The zero-order valence-corrected chi connectivity index (χ0v) is 14.2. The molecule has 4 rings (SSSR count). The third-order valence-corrected chi connectivity index (χ3v) is 3.76. The number of nitrogens with one attached hydrogen (secondary N) is 3. The van der Waals surface area contributed by atoms with E-state index in [4.69, 9.17) is 0 Å². The summed E-state index contributed by atoms with van der Waals surface area (Å²) in [6.07, 6.45) is 3.32. The Hall–Kier alpha value is -3.12. The molecule has 3 aromatic heterocycles. The zero-order valence-electron chi connectivity index (χ0n) is 13.4. The number of nitrogens with zero attached hydrogens (tertiary/aromatic N) is 2. The molecular weight excluding hydrogens is 338 g/mol. The fourth-order valence-corrected chi connectivity index (χ4v) is 2.71. The Morgan fingerprint density at radius 1 is 1.04 bits per heavy atom. The van der Waals surface area contributed by atoms with Crippen LogP contribution in [0, 0.1) is 6.92 Å². The Morgan fingerprint density at radius 2 is 1.92 bits per heavy atom. The Kier molecular flexibility index (Phi) is 4.54. The van der Waals surface area contributed by atoms with Crippen LogP contribution in [0.25, 0.3) is 21.9 Å². The number of amides is 2. The van der Waals surface area contributed by atoms with E-state index in [9.17, 15) is 4.79 Å². The summed E-state index contributed by atoms with van der Waals surface area (Å²) in [5.41, 5.74) is 4.80. The zero-order chi connectivity index (χ0) is 16.5. The summed E-state index contributed by atoms with van der Waals surface area (Å²) in [6.45, 7) is 2.00. The number of hydrogen-bond donors (Lipinski definition) is 3. The molecule has 7 heteroatoms. The van der Waals surface area contributed by atoms with Crippen molar-refractivity contribution in [2.24, 2.45) is 0 Å². The highest BCUT2D eigenvalue weighted by atomic mass is 35.5. The van der Waals surface area contributed by atoms with Gasteiger partial charge in [0.1, 0.15) is 5.52 Å². The number of H-pyrrole nitrogens is 1. The molecule has 25 heavy (non-hydrogen) atoms. The van der Waals surface area contributed by atoms with Crippen molar-refractivity contribution in [2.45, 2.75) is 6.92 Å². The molecule has 0 radical (unpaired) electrons. The predicted molar refractivity (Wildman–Crippen MR) is 102 cm³/mol. The average Bonchev–Trinajstić information content (AvgIpc) is 2.94. The minimum Gasteiger partial charge on any atom is -0.359 e. The number of hydrogen-bond acceptors (Lipinski definition) is 3. The van der Waals surface area contributed by atoms with Gasteiger partial charge < -0.3 is 15.6 Å². The maximum Gasteiger partial charge on any atom is 0.323 e. The number of aryl methyl sites for hydroxylation is 1. The van der Waals surface area contributed by atoms with E-state index in [0.717, 1.165) is 22.1 Å². The molecule has 126 valence electrons. The number of benzene rings is 1. The van der Waals surface area contributed by atoms with E-state index in [-0.39, 0.29) is 18.4 Å². The summed E-state index contributed by atoms with van der Waals surface area (Å²) in [5.74, 6) is 0. The normalized spacial score (nSPS) is 10.4. The highest BCUT2D eigenvalue weighted by Crippen LogP contribution is 2.21. The highest BCUT2D eigenvalue weighted by molar-refractivity contribution is 6.05. The van der Waals surface area contributed by atoms with Gasteiger partial charge in [0.2, 0.25) is 0 Å². The van der Waals surface area contributed by atoms with Gasteiger partial charge in [-0.25, -0.2) is 4.79 Å². The monoisotopic (exact) mass is 353 g/mol. The highest BCUT2D eigenvalue weighted by Gasteiger charge is 2.08. The van der Waals surface area contributed by atoms with Gasteiger partial charge in [-0.2, -0.15) is 0 Å². The lowest BCUT2D eigenvalue weighted by Crippen LogP contribution is -2.19. The van der Waals surface area contributed by atoms with Gasteiger partial charge in [0, 0.05) is 29.3 Å². The van der Waals surface area contributed by atoms with E-state index in [0.29, 0.717) is 16.9 Å². The Bertz CT molecular complexity index is 1050. The third-order valence-electron chi connectivity index (χ3n) is 3.76. The Morgan fingerprint density at radius 3 is 2.80 bits per heavy atom. The van der Waals surface area contributed by atoms with Gasteiger partial charge in [-0.3, -0.25) is 9.97 Å². The standard InChI is InChI=1S/C18H15N5O.ClH/c1-11-9-12-4-5-13(10-16(12)21-11)22-18(24)23-15-6-8-19-14-3-2-7-20-17(14)15;/h2-10,21H,1H3,(H2,19,22,23,24);1H. The van der Waals surface area contributed by atoms with Gasteiger partial charge in [-0.1, -0.05) is 6.07 Å². The number of aromatic nitrogens is 3. The van der Waals surface area contributed by atoms with E-state index in [1.807, 2.05) is 37.3 Å². The minimum absolute atomic E-state index is 0. The van der Waals surface area contributed by atoms with E-state index in [2.05, 4.69) is 31.7 Å². The largest absolute Gasteiger partial charge is 0.359 e. The van der Waals surface area contributed by atoms with Crippen molar-refractivity contribution < 1.29 is 4.79 Å². The van der Waals surface area contributed by atoms with E-state index >= 15 is 0 Å². The molecule has 0 bridgehead atoms. The first-order valence-electron chi connectivity index (χ1n) is 7.56. The quantitative estimate of drug-likeness (QED) is 0.496. The van der Waals surface area contributed by atoms with E-state index in [1.165, 1.54) is 0 Å². The third kappa shape index (κ3) is 3.39. The molecule has 6 nitrogen and oxygen atoms in total. The van der Waals surface area contributed by atoms with Crippen LogP contribution in [0.1, 0.15) is 5.69 Å². The summed E-state index contributed by atoms with van der Waals surface area (Å²) < 4.78 is 0. The Balaban J connectivity index is 0.00000182. The molecule has 0 saturated carbocycles. The number of halogens is 1. The first-order chi connectivity index (χ1) is 11.7. The molecule has 0 saturated heterocycles. The first-order valence-corrected chi connectivity index (χ1v) is 7.56. The molecule has 0 aliphatic carbocycles. The summed E-state index contributed by atoms with van der Waals surface area (Å²) in [5, 5.41) is 6.78. The van der Waals surface area contributed by atoms with Crippen molar-refractivity contribution in [2.75, 3.05) is 10.6 Å². The van der Waals surface area contributed by atoms with Gasteiger partial charge >= 0.3 is 6.03 Å². The second-order valence-corrected chi connectivity index (χ2v) is 5.56. The average molecular weight is 354 g/mol. The lowest BCUT2D eigenvalue weighted by atomic mass is 10.2. The summed E-state index contributed by atoms with van der Waals surface area (Å²) >= 11 is 0. The number of aromatic amines is 1. The van der Waals surface area contributed by atoms with Crippen molar-refractivity contribution in [3.8, 4) is 0 Å².